The number of carbonyl (C=O) groups excluding carboxylic acids is 2. The van der Waals surface area contributed by atoms with Crippen LogP contribution in [-0.2, 0) is 9.47 Å². The molecule has 2 aromatic carbocycles. The summed E-state index contributed by atoms with van der Waals surface area (Å²) in [7, 11) is 2.12. The zero-order chi connectivity index (χ0) is 31.4. The second kappa shape index (κ2) is 13.7. The van der Waals surface area contributed by atoms with Crippen molar-refractivity contribution in [2.45, 2.75) is 44.0 Å². The van der Waals surface area contributed by atoms with Crippen molar-refractivity contribution in [1.82, 2.24) is 9.88 Å². The summed E-state index contributed by atoms with van der Waals surface area (Å²) in [4.78, 5) is 35.6. The number of anilines is 3. The maximum Gasteiger partial charge on any atom is 0.259 e. The normalized spacial score (nSPS) is 18.9. The second-order valence-electron chi connectivity index (χ2n) is 11.7. The highest BCUT2D eigenvalue weighted by Crippen LogP contribution is 2.38. The van der Waals surface area contributed by atoms with Crippen molar-refractivity contribution in [2.75, 3.05) is 62.0 Å². The molecule has 1 aliphatic carbocycles. The molecular formula is C33H37ClFN5O5. The SMILES string of the molecule is CN1CCCN(c2ccc(C(=O)Nc3ccc(F)cc3C(=O)Nc3ccc(Cl)cn3)c(OC3CCC4(CC3)OCCO4)c2)CC1. The minimum absolute atomic E-state index is 0.0537. The molecule has 3 aliphatic rings. The van der Waals surface area contributed by atoms with Gasteiger partial charge >= 0.3 is 0 Å². The van der Waals surface area contributed by atoms with E-state index in [4.69, 9.17) is 25.8 Å². The molecule has 3 aromatic rings. The molecule has 2 amide bonds. The van der Waals surface area contributed by atoms with E-state index in [0.717, 1.165) is 57.2 Å². The zero-order valence-corrected chi connectivity index (χ0v) is 25.9. The van der Waals surface area contributed by atoms with Crippen LogP contribution in [0.25, 0.3) is 0 Å². The third-order valence-electron chi connectivity index (χ3n) is 8.54. The van der Waals surface area contributed by atoms with Crippen molar-refractivity contribution < 1.29 is 28.2 Å². The van der Waals surface area contributed by atoms with E-state index in [1.807, 2.05) is 12.1 Å². The second-order valence-corrected chi connectivity index (χ2v) is 12.1. The molecule has 2 N–H and O–H groups in total. The standard InChI is InChI=1S/C33H37ClFN5O5/c1-39-13-2-14-40(16-15-39)24-5-6-26(29(20-24)45-25-9-11-33(12-10-25)43-17-18-44-33)31(41)37-28-7-4-23(35)19-27(28)32(42)38-30-8-3-22(34)21-36-30/h3-8,19-21,25H,2,9-18H2,1H3,(H,37,41)(H,36,38,42). The van der Waals surface area contributed by atoms with Crippen molar-refractivity contribution in [3.8, 4) is 5.75 Å². The van der Waals surface area contributed by atoms with Gasteiger partial charge in [0.25, 0.3) is 11.8 Å². The average Bonchev–Trinajstić information content (AvgIpc) is 3.38. The Morgan fingerprint density at radius 2 is 1.73 bits per heavy atom. The highest BCUT2D eigenvalue weighted by atomic mass is 35.5. The Kier molecular flexibility index (Phi) is 9.50. The van der Waals surface area contributed by atoms with Gasteiger partial charge in [-0.2, -0.15) is 0 Å². The largest absolute Gasteiger partial charge is 0.490 e. The summed E-state index contributed by atoms with van der Waals surface area (Å²) in [5.41, 5.74) is 1.38. The van der Waals surface area contributed by atoms with Crippen molar-refractivity contribution in [3.05, 3.63) is 76.7 Å². The predicted octanol–water partition coefficient (Wildman–Crippen LogP) is 5.59. The number of ether oxygens (including phenoxy) is 3. The zero-order valence-electron chi connectivity index (χ0n) is 25.2. The molecule has 3 fully saturated rings. The lowest BCUT2D eigenvalue weighted by atomic mass is 9.91. The van der Waals surface area contributed by atoms with Crippen molar-refractivity contribution in [1.29, 1.82) is 0 Å². The highest BCUT2D eigenvalue weighted by Gasteiger charge is 2.41. The first kappa shape index (κ1) is 31.2. The molecule has 2 aliphatic heterocycles. The maximum atomic E-state index is 14.3. The van der Waals surface area contributed by atoms with Crippen LogP contribution in [0.5, 0.6) is 5.75 Å². The molecule has 0 bridgehead atoms. The maximum absolute atomic E-state index is 14.3. The van der Waals surface area contributed by atoms with Crippen LogP contribution in [0.15, 0.2) is 54.7 Å². The fourth-order valence-corrected chi connectivity index (χ4v) is 6.16. The van der Waals surface area contributed by atoms with Crippen molar-refractivity contribution >= 4 is 40.6 Å². The van der Waals surface area contributed by atoms with Gasteiger partial charge in [-0.05, 0) is 75.3 Å². The number of rotatable bonds is 7. The number of amides is 2. The van der Waals surface area contributed by atoms with Gasteiger partial charge in [0.2, 0.25) is 0 Å². The molecule has 10 nitrogen and oxygen atoms in total. The van der Waals surface area contributed by atoms with Gasteiger partial charge < -0.3 is 34.6 Å². The molecule has 3 heterocycles. The summed E-state index contributed by atoms with van der Waals surface area (Å²) >= 11 is 5.90. The first-order valence-corrected chi connectivity index (χ1v) is 15.7. The number of hydrogen-bond acceptors (Lipinski definition) is 8. The van der Waals surface area contributed by atoms with E-state index in [9.17, 15) is 14.0 Å². The molecule has 0 radical (unpaired) electrons. The molecular weight excluding hydrogens is 601 g/mol. The summed E-state index contributed by atoms with van der Waals surface area (Å²) in [5.74, 6) is -1.57. The number of benzene rings is 2. The lowest BCUT2D eigenvalue weighted by molar-refractivity contribution is -0.186. The van der Waals surface area contributed by atoms with Crippen LogP contribution in [0.2, 0.25) is 5.02 Å². The minimum atomic E-state index is -0.634. The van der Waals surface area contributed by atoms with Crippen LogP contribution in [0.1, 0.15) is 52.8 Å². The molecule has 0 atom stereocenters. The fourth-order valence-electron chi connectivity index (χ4n) is 6.05. The Hall–Kier alpha value is -3.77. The smallest absolute Gasteiger partial charge is 0.259 e. The Morgan fingerprint density at radius 1 is 0.956 bits per heavy atom. The Morgan fingerprint density at radius 3 is 2.49 bits per heavy atom. The number of likely N-dealkylation sites (N-methyl/N-ethyl adjacent to an activating group) is 1. The minimum Gasteiger partial charge on any atom is -0.490 e. The summed E-state index contributed by atoms with van der Waals surface area (Å²) in [6.45, 7) is 4.91. The van der Waals surface area contributed by atoms with Crippen LogP contribution in [-0.4, -0.2) is 80.0 Å². The van der Waals surface area contributed by atoms with Crippen molar-refractivity contribution in [2.24, 2.45) is 0 Å². The van der Waals surface area contributed by atoms with Crippen LogP contribution < -0.4 is 20.3 Å². The molecule has 45 heavy (non-hydrogen) atoms. The molecule has 1 spiro atoms. The first-order chi connectivity index (χ1) is 21.8. The lowest BCUT2D eigenvalue weighted by Crippen LogP contribution is -2.38. The Balaban J connectivity index is 1.24. The number of aromatic nitrogens is 1. The number of halogens is 2. The number of pyridine rings is 1. The highest BCUT2D eigenvalue weighted by molar-refractivity contribution is 6.30. The van der Waals surface area contributed by atoms with E-state index < -0.39 is 23.4 Å². The summed E-state index contributed by atoms with van der Waals surface area (Å²) in [6, 6.07) is 12.3. The number of hydrogen-bond donors (Lipinski definition) is 2. The molecule has 238 valence electrons. The van der Waals surface area contributed by atoms with Crippen LogP contribution >= 0.6 is 11.6 Å². The number of nitrogens with zero attached hydrogens (tertiary/aromatic N) is 3. The number of carbonyl (C=O) groups is 2. The number of nitrogens with one attached hydrogen (secondary N) is 2. The van der Waals surface area contributed by atoms with Crippen LogP contribution in [0.4, 0.5) is 21.6 Å². The van der Waals surface area contributed by atoms with E-state index in [-0.39, 0.29) is 23.2 Å². The third kappa shape index (κ3) is 7.55. The van der Waals surface area contributed by atoms with Gasteiger partial charge in [0.05, 0.1) is 41.2 Å². The average molecular weight is 638 g/mol. The molecule has 1 aromatic heterocycles. The van der Waals surface area contributed by atoms with E-state index in [1.54, 1.807) is 12.1 Å². The third-order valence-corrected chi connectivity index (χ3v) is 8.76. The quantitative estimate of drug-likeness (QED) is 0.346. The summed E-state index contributed by atoms with van der Waals surface area (Å²) < 4.78 is 32.6. The first-order valence-electron chi connectivity index (χ1n) is 15.3. The molecule has 0 unspecified atom stereocenters. The van der Waals surface area contributed by atoms with Crippen LogP contribution in [0.3, 0.4) is 0 Å². The van der Waals surface area contributed by atoms with E-state index >= 15 is 0 Å². The topological polar surface area (TPSA) is 105 Å². The molecule has 1 saturated carbocycles. The Labute approximate surface area is 266 Å². The van der Waals surface area contributed by atoms with Gasteiger partial charge in [-0.25, -0.2) is 9.37 Å². The Bertz CT molecular complexity index is 1520. The van der Waals surface area contributed by atoms with E-state index in [2.05, 4.69) is 32.5 Å². The van der Waals surface area contributed by atoms with Gasteiger partial charge in [0.15, 0.2) is 5.79 Å². The van der Waals surface area contributed by atoms with Gasteiger partial charge in [-0.1, -0.05) is 11.6 Å². The molecule has 6 rings (SSSR count). The van der Waals surface area contributed by atoms with E-state index in [1.165, 1.54) is 24.4 Å². The van der Waals surface area contributed by atoms with Gasteiger partial charge in [0, 0.05) is 50.4 Å². The summed E-state index contributed by atoms with van der Waals surface area (Å²) in [5, 5.41) is 5.85. The predicted molar refractivity (Wildman–Crippen MR) is 170 cm³/mol. The van der Waals surface area contributed by atoms with Gasteiger partial charge in [-0.3, -0.25) is 9.59 Å². The van der Waals surface area contributed by atoms with E-state index in [0.29, 0.717) is 42.4 Å². The summed E-state index contributed by atoms with van der Waals surface area (Å²) in [6.07, 6.45) is 5.17. The monoisotopic (exact) mass is 637 g/mol. The van der Waals surface area contributed by atoms with Crippen molar-refractivity contribution in [3.63, 3.8) is 0 Å². The van der Waals surface area contributed by atoms with Crippen LogP contribution in [0, 0.1) is 5.82 Å². The lowest BCUT2D eigenvalue weighted by Gasteiger charge is -2.35. The molecule has 12 heteroatoms. The van der Waals surface area contributed by atoms with Gasteiger partial charge in [0.1, 0.15) is 17.4 Å². The molecule has 2 saturated heterocycles. The van der Waals surface area contributed by atoms with Gasteiger partial charge in [-0.15, -0.1) is 0 Å². The fraction of sp³-hybridized carbons (Fsp3) is 0.424.